The molecule has 0 fully saturated rings. The van der Waals surface area contributed by atoms with Crippen LogP contribution in [-0.2, 0) is 4.57 Å². The van der Waals surface area contributed by atoms with E-state index in [1.165, 1.54) is 0 Å². The first-order chi connectivity index (χ1) is 7.12. The van der Waals surface area contributed by atoms with Gasteiger partial charge in [0.15, 0.2) is 0 Å². The van der Waals surface area contributed by atoms with Crippen molar-refractivity contribution in [3.05, 3.63) is 0 Å². The Hall–Kier alpha value is 1.89. The summed E-state index contributed by atoms with van der Waals surface area (Å²) in [6, 6.07) is 0. The Bertz CT molecular complexity index is 178. The molecule has 0 aromatic heterocycles. The summed E-state index contributed by atoms with van der Waals surface area (Å²) in [6.07, 6.45) is 6.59. The maximum absolute atomic E-state index is 11.5. The first-order valence-electron chi connectivity index (χ1n) is 5.72. The molecular formula is C10H22NaO2PS2. The number of rotatable bonds is 10. The van der Waals surface area contributed by atoms with E-state index < -0.39 is 5.77 Å². The van der Waals surface area contributed by atoms with Crippen LogP contribution in [0.25, 0.3) is 0 Å². The summed E-state index contributed by atoms with van der Waals surface area (Å²) in [7, 11) is 0. The van der Waals surface area contributed by atoms with E-state index >= 15 is 0 Å². The number of hydrogen-bond donors (Lipinski definition) is 0. The van der Waals surface area contributed by atoms with Gasteiger partial charge in [0.2, 0.25) is 0 Å². The van der Waals surface area contributed by atoms with Gasteiger partial charge in [0.1, 0.15) is 5.77 Å². The Kier molecular flexibility index (Phi) is 16.8. The van der Waals surface area contributed by atoms with Gasteiger partial charge in [0.05, 0.1) is 0 Å². The quantitative estimate of drug-likeness (QED) is 0.346. The average molecular weight is 292 g/mol. The Morgan fingerprint density at radius 1 is 0.938 bits per heavy atom. The molecule has 0 saturated heterocycles. The van der Waals surface area contributed by atoms with Crippen LogP contribution in [0.1, 0.15) is 52.4 Å². The topological polar surface area (TPSA) is 40.1 Å². The zero-order valence-corrected chi connectivity index (χ0v) is 15.3. The fourth-order valence-electron chi connectivity index (χ4n) is 1.09. The zero-order valence-electron chi connectivity index (χ0n) is 10.7. The fourth-order valence-corrected chi connectivity index (χ4v) is 6.63. The third-order valence-electron chi connectivity index (χ3n) is 1.99. The van der Waals surface area contributed by atoms with Crippen LogP contribution in [0.5, 0.6) is 0 Å². The molecule has 92 valence electrons. The zero-order chi connectivity index (χ0) is 11.6. The molecule has 0 aliphatic rings. The van der Waals surface area contributed by atoms with Crippen molar-refractivity contribution in [2.24, 2.45) is 0 Å². The second kappa shape index (κ2) is 13.3. The first kappa shape index (κ1) is 20.2. The minimum atomic E-state index is -3.19. The number of unbranched alkanes of at least 4 members (excludes halogenated alkanes) is 4. The predicted molar refractivity (Wildman–Crippen MR) is 71.6 cm³/mol. The van der Waals surface area contributed by atoms with Crippen LogP contribution in [-0.4, -0.2) is 11.5 Å². The van der Waals surface area contributed by atoms with E-state index in [0.717, 1.165) is 72.8 Å². The molecule has 0 saturated carbocycles. The molecule has 16 heavy (non-hydrogen) atoms. The minimum Gasteiger partial charge on any atom is -0.784 e. The van der Waals surface area contributed by atoms with E-state index in [1.54, 1.807) is 0 Å². The van der Waals surface area contributed by atoms with Crippen molar-refractivity contribution < 1.29 is 39.0 Å². The molecule has 0 atom stereocenters. The van der Waals surface area contributed by atoms with Crippen LogP contribution in [0.2, 0.25) is 0 Å². The third kappa shape index (κ3) is 14.0. The largest absolute Gasteiger partial charge is 1.00 e. The Labute approximate surface area is 130 Å². The van der Waals surface area contributed by atoms with E-state index in [9.17, 15) is 9.46 Å². The Morgan fingerprint density at radius 3 is 1.62 bits per heavy atom. The van der Waals surface area contributed by atoms with Crippen LogP contribution in [0.15, 0.2) is 0 Å². The van der Waals surface area contributed by atoms with Crippen molar-refractivity contribution in [3.63, 3.8) is 0 Å². The van der Waals surface area contributed by atoms with Crippen molar-refractivity contribution in [1.82, 2.24) is 0 Å². The fraction of sp³-hybridized carbons (Fsp3) is 1.00. The summed E-state index contributed by atoms with van der Waals surface area (Å²) in [4.78, 5) is 11.5. The molecule has 0 aromatic carbocycles. The standard InChI is InChI=1S/C10H23O2PS2.Na/c1-3-5-7-9-14-13(11,12)15-10-8-6-4-2;/h3-10H2,1-2H3,(H,11,12);/q;+1/p-1. The second-order valence-corrected chi connectivity index (χ2v) is 10.9. The molecule has 0 amide bonds. The van der Waals surface area contributed by atoms with Gasteiger partial charge in [-0.3, -0.25) is 0 Å². The van der Waals surface area contributed by atoms with Gasteiger partial charge in [0, 0.05) is 11.5 Å². The van der Waals surface area contributed by atoms with Crippen LogP contribution in [0.4, 0.5) is 0 Å². The van der Waals surface area contributed by atoms with Crippen LogP contribution >= 0.6 is 28.5 Å². The molecule has 0 aliphatic heterocycles. The second-order valence-electron chi connectivity index (χ2n) is 3.53. The monoisotopic (exact) mass is 292 g/mol. The van der Waals surface area contributed by atoms with E-state index in [1.807, 2.05) is 0 Å². The normalized spacial score (nSPS) is 11.2. The van der Waals surface area contributed by atoms with Gasteiger partial charge in [-0.15, -0.1) is 22.8 Å². The molecule has 0 aliphatic carbocycles. The van der Waals surface area contributed by atoms with Gasteiger partial charge in [0.25, 0.3) is 0 Å². The summed E-state index contributed by atoms with van der Waals surface area (Å²) in [5.41, 5.74) is 0. The van der Waals surface area contributed by atoms with Crippen molar-refractivity contribution in [3.8, 4) is 0 Å². The van der Waals surface area contributed by atoms with E-state index in [-0.39, 0.29) is 29.6 Å². The Morgan fingerprint density at radius 2 is 1.31 bits per heavy atom. The molecule has 0 N–H and O–H groups in total. The molecule has 0 heterocycles. The molecule has 0 radical (unpaired) electrons. The van der Waals surface area contributed by atoms with Crippen LogP contribution in [0.3, 0.4) is 0 Å². The van der Waals surface area contributed by atoms with Crippen LogP contribution < -0.4 is 34.5 Å². The number of hydrogen-bond acceptors (Lipinski definition) is 4. The molecule has 2 nitrogen and oxygen atoms in total. The van der Waals surface area contributed by atoms with Crippen molar-refractivity contribution >= 4 is 28.5 Å². The molecule has 0 bridgehead atoms. The molecule has 0 unspecified atom stereocenters. The summed E-state index contributed by atoms with van der Waals surface area (Å²) >= 11 is 2.28. The summed E-state index contributed by atoms with van der Waals surface area (Å²) in [6.45, 7) is 4.25. The maximum atomic E-state index is 11.5. The predicted octanol–water partition coefficient (Wildman–Crippen LogP) is 1.31. The molecule has 0 spiro atoms. The third-order valence-corrected chi connectivity index (χ3v) is 8.46. The Balaban J connectivity index is 0. The van der Waals surface area contributed by atoms with E-state index in [0.29, 0.717) is 0 Å². The van der Waals surface area contributed by atoms with E-state index in [2.05, 4.69) is 13.8 Å². The molecule has 0 rings (SSSR count). The smallest absolute Gasteiger partial charge is 0.784 e. The maximum Gasteiger partial charge on any atom is 1.00 e. The molecular weight excluding hydrogens is 270 g/mol. The summed E-state index contributed by atoms with van der Waals surface area (Å²) in [5.74, 6) is -1.67. The minimum absolute atomic E-state index is 0. The van der Waals surface area contributed by atoms with Crippen molar-refractivity contribution in [2.45, 2.75) is 52.4 Å². The van der Waals surface area contributed by atoms with Gasteiger partial charge >= 0.3 is 29.6 Å². The van der Waals surface area contributed by atoms with Crippen molar-refractivity contribution in [2.75, 3.05) is 11.5 Å². The van der Waals surface area contributed by atoms with Gasteiger partial charge < -0.3 is 9.46 Å². The SMILES string of the molecule is CCCCCSP(=O)([O-])SCCCCC.[Na+]. The van der Waals surface area contributed by atoms with Gasteiger partial charge in [-0.25, -0.2) is 0 Å². The van der Waals surface area contributed by atoms with Gasteiger partial charge in [-0.2, -0.15) is 0 Å². The van der Waals surface area contributed by atoms with Gasteiger partial charge in [-0.1, -0.05) is 39.5 Å². The average Bonchev–Trinajstić information content (AvgIpc) is 2.20. The summed E-state index contributed by atoms with van der Waals surface area (Å²) < 4.78 is 11.5. The summed E-state index contributed by atoms with van der Waals surface area (Å²) in [5, 5.41) is 0. The van der Waals surface area contributed by atoms with Gasteiger partial charge in [-0.05, 0) is 12.8 Å². The van der Waals surface area contributed by atoms with Crippen molar-refractivity contribution in [1.29, 1.82) is 0 Å². The molecule has 6 heteroatoms. The van der Waals surface area contributed by atoms with Crippen LogP contribution in [0, 0.1) is 0 Å². The van der Waals surface area contributed by atoms with E-state index in [4.69, 9.17) is 0 Å². The molecule has 0 aromatic rings. The first-order valence-corrected chi connectivity index (χ1v) is 10.5.